The van der Waals surface area contributed by atoms with Crippen molar-refractivity contribution in [1.82, 2.24) is 6.15 Å². The molecule has 0 aromatic carbocycles. The SMILES string of the molecule is O=[N+]([O-])O.[N].[S]. The van der Waals surface area contributed by atoms with E-state index in [1.165, 1.54) is 0 Å². The third-order valence-corrected chi connectivity index (χ3v) is 0. The van der Waals surface area contributed by atoms with Gasteiger partial charge in [-0.25, -0.2) is 0 Å². The summed E-state index contributed by atoms with van der Waals surface area (Å²) in [6.07, 6.45) is 0. The Morgan fingerprint density at radius 2 is 1.67 bits per heavy atom. The molecule has 0 aliphatic carbocycles. The lowest BCUT2D eigenvalue weighted by atomic mass is 13.1. The predicted octanol–water partition coefficient (Wildman–Crippen LogP) is -0.180. The van der Waals surface area contributed by atoms with Gasteiger partial charge in [0.1, 0.15) is 0 Å². The number of nitrogens with zero attached hydrogens (tertiary/aromatic N) is 2. The van der Waals surface area contributed by atoms with Crippen LogP contribution in [0, 0.1) is 10.1 Å². The van der Waals surface area contributed by atoms with Crippen molar-refractivity contribution in [2.75, 3.05) is 0 Å². The van der Waals surface area contributed by atoms with Gasteiger partial charge in [-0.2, -0.15) is 0 Å². The molecule has 0 amide bonds. The largest absolute Gasteiger partial charge is 0.328 e. The molecule has 0 rings (SSSR count). The highest BCUT2D eigenvalue weighted by atomic mass is 32.1. The second kappa shape index (κ2) is 8.82. The Labute approximate surface area is 41.1 Å². The summed E-state index contributed by atoms with van der Waals surface area (Å²) >= 11 is 0. The van der Waals surface area contributed by atoms with Gasteiger partial charge >= 0.3 is 0 Å². The Bertz CT molecular complexity index is 31.8. The molecule has 35 valence electrons. The second-order valence-electron chi connectivity index (χ2n) is 0.238. The van der Waals surface area contributed by atoms with Gasteiger partial charge in [-0.15, -0.1) is 10.1 Å². The fourth-order valence-electron chi connectivity index (χ4n) is 0. The van der Waals surface area contributed by atoms with Crippen molar-refractivity contribution in [3.05, 3.63) is 10.1 Å². The summed E-state index contributed by atoms with van der Waals surface area (Å²) in [4.78, 5) is 8.36. The van der Waals surface area contributed by atoms with Crippen LogP contribution < -0.4 is 6.15 Å². The lowest BCUT2D eigenvalue weighted by Gasteiger charge is -1.56. The van der Waals surface area contributed by atoms with Crippen molar-refractivity contribution in [3.8, 4) is 0 Å². The van der Waals surface area contributed by atoms with E-state index in [1.54, 1.807) is 0 Å². The van der Waals surface area contributed by atoms with Gasteiger partial charge in [0.05, 0.1) is 0 Å². The lowest BCUT2D eigenvalue weighted by Crippen LogP contribution is -1.81. The zero-order valence-electron chi connectivity index (χ0n) is 2.57. The van der Waals surface area contributed by atoms with E-state index in [-0.39, 0.29) is 19.6 Å². The van der Waals surface area contributed by atoms with Gasteiger partial charge in [0.2, 0.25) is 0 Å². The molecule has 6 heavy (non-hydrogen) atoms. The highest BCUT2D eigenvalue weighted by Crippen LogP contribution is 1.38. The molecule has 5 radical (unpaired) electrons. The van der Waals surface area contributed by atoms with E-state index in [2.05, 4.69) is 0 Å². The first kappa shape index (κ1) is 17.8. The molecular weight excluding hydrogens is 108 g/mol. The standard InChI is InChI=1S/HNO3.N.S/c2-1(3)4;;/h(H,2,3,4);;. The molecule has 0 unspecified atom stereocenters. The zero-order valence-corrected chi connectivity index (χ0v) is 3.38. The van der Waals surface area contributed by atoms with Gasteiger partial charge in [-0.1, -0.05) is 0 Å². The molecule has 0 saturated carbocycles. The van der Waals surface area contributed by atoms with Crippen molar-refractivity contribution in [2.45, 2.75) is 0 Å². The third-order valence-electron chi connectivity index (χ3n) is 0. The highest BCUT2D eigenvalue weighted by Gasteiger charge is 1.65. The summed E-state index contributed by atoms with van der Waals surface area (Å²) in [6, 6.07) is 0. The summed E-state index contributed by atoms with van der Waals surface area (Å²) in [6.45, 7) is 0. The molecule has 0 spiro atoms. The van der Waals surface area contributed by atoms with Crippen LogP contribution in [0.1, 0.15) is 0 Å². The van der Waals surface area contributed by atoms with E-state index in [9.17, 15) is 0 Å². The van der Waals surface area contributed by atoms with Crippen LogP contribution in [-0.4, -0.2) is 10.3 Å². The maximum Gasteiger partial charge on any atom is 0.291 e. The van der Waals surface area contributed by atoms with Crippen LogP contribution in [0.15, 0.2) is 0 Å². The normalized spacial score (nSPS) is 4.00. The van der Waals surface area contributed by atoms with Crippen LogP contribution in [-0.2, 0) is 0 Å². The van der Waals surface area contributed by atoms with E-state index >= 15 is 0 Å². The monoisotopic (exact) mass is 109 g/mol. The van der Waals surface area contributed by atoms with Crippen molar-refractivity contribution in [1.29, 1.82) is 0 Å². The predicted molar refractivity (Wildman–Crippen MR) is 18.5 cm³/mol. The second-order valence-corrected chi connectivity index (χ2v) is 0.238. The Balaban J connectivity index is -0.0000000450. The summed E-state index contributed by atoms with van der Waals surface area (Å²) in [5.41, 5.74) is 0. The average molecular weight is 109 g/mol. The number of hydrogen-bond donors (Lipinski definition) is 1. The van der Waals surface area contributed by atoms with Crippen molar-refractivity contribution in [2.24, 2.45) is 0 Å². The Morgan fingerprint density at radius 3 is 1.67 bits per heavy atom. The zero-order chi connectivity index (χ0) is 3.58. The van der Waals surface area contributed by atoms with E-state index in [0.717, 1.165) is 0 Å². The summed E-state index contributed by atoms with van der Waals surface area (Å²) in [5, 5.41) is 13.6. The molecule has 0 aromatic heterocycles. The third kappa shape index (κ3) is 92.1. The molecular formula is HN2O3S. The highest BCUT2D eigenvalue weighted by molar-refractivity contribution is 7.59. The minimum Gasteiger partial charge on any atom is -0.328 e. The van der Waals surface area contributed by atoms with Crippen LogP contribution in [0.3, 0.4) is 0 Å². The van der Waals surface area contributed by atoms with Crippen molar-refractivity contribution in [3.63, 3.8) is 0 Å². The Hall–Kier alpha value is -0.490. The molecule has 6 heteroatoms. The number of rotatable bonds is 0. The summed E-state index contributed by atoms with van der Waals surface area (Å²) in [7, 11) is 0. The van der Waals surface area contributed by atoms with Gasteiger partial charge in [0.15, 0.2) is 0 Å². The maximum absolute atomic E-state index is 8.36. The van der Waals surface area contributed by atoms with E-state index in [0.29, 0.717) is 0 Å². The smallest absolute Gasteiger partial charge is 0.291 e. The van der Waals surface area contributed by atoms with E-state index in [1.807, 2.05) is 0 Å². The van der Waals surface area contributed by atoms with Gasteiger partial charge < -0.3 is 5.21 Å². The van der Waals surface area contributed by atoms with Gasteiger partial charge in [0.25, 0.3) is 5.09 Å². The first-order chi connectivity index (χ1) is 1.73. The molecule has 5 nitrogen and oxygen atoms in total. The fourth-order valence-corrected chi connectivity index (χ4v) is 0. The maximum atomic E-state index is 8.36. The number of hydrogen-bond acceptors (Lipinski definition) is 2. The first-order valence-corrected chi connectivity index (χ1v) is 0.565. The quantitative estimate of drug-likeness (QED) is 0.345. The Morgan fingerprint density at radius 1 is 1.67 bits per heavy atom. The van der Waals surface area contributed by atoms with Crippen LogP contribution in [0.4, 0.5) is 0 Å². The minimum absolute atomic E-state index is 0. The van der Waals surface area contributed by atoms with Crippen LogP contribution in [0.2, 0.25) is 0 Å². The average Bonchev–Trinajstić information content (AvgIpc) is 0.811. The first-order valence-electron chi connectivity index (χ1n) is 0.565. The van der Waals surface area contributed by atoms with Gasteiger partial charge in [-0.3, -0.25) is 0 Å². The van der Waals surface area contributed by atoms with Crippen LogP contribution >= 0.6 is 13.5 Å². The lowest BCUT2D eigenvalue weighted by molar-refractivity contribution is -0.742. The van der Waals surface area contributed by atoms with Gasteiger partial charge in [0, 0.05) is 19.6 Å². The summed E-state index contributed by atoms with van der Waals surface area (Å²) in [5.74, 6) is 0. The van der Waals surface area contributed by atoms with Crippen LogP contribution in [0.25, 0.3) is 0 Å². The van der Waals surface area contributed by atoms with E-state index in [4.69, 9.17) is 15.3 Å². The molecule has 1 N–H and O–H groups in total. The molecule has 0 saturated heterocycles. The molecule has 0 aliphatic heterocycles. The summed E-state index contributed by atoms with van der Waals surface area (Å²) < 4.78 is 0. The van der Waals surface area contributed by atoms with Gasteiger partial charge in [-0.05, 0) is 0 Å². The molecule has 0 atom stereocenters. The van der Waals surface area contributed by atoms with Crippen molar-refractivity contribution >= 4 is 13.5 Å². The minimum atomic E-state index is -1.50. The van der Waals surface area contributed by atoms with Crippen molar-refractivity contribution < 1.29 is 10.3 Å². The topological polar surface area (TPSA) is 93.9 Å². The molecule has 0 aliphatic rings. The Kier molecular flexibility index (Phi) is 26.1. The fraction of sp³-hybridized carbons (Fsp3) is 0. The molecule has 0 heterocycles. The molecule has 0 aromatic rings. The molecule has 0 bridgehead atoms. The van der Waals surface area contributed by atoms with E-state index < -0.39 is 5.09 Å². The molecule has 0 fully saturated rings. The van der Waals surface area contributed by atoms with Crippen LogP contribution in [0.5, 0.6) is 0 Å².